The second-order valence-corrected chi connectivity index (χ2v) is 4.23. The van der Waals surface area contributed by atoms with Crippen LogP contribution in [0.3, 0.4) is 0 Å². The Kier molecular flexibility index (Phi) is 4.30. The number of aliphatic hydroxyl groups is 1. The molecule has 0 saturated carbocycles. The van der Waals surface area contributed by atoms with Crippen molar-refractivity contribution >= 4 is 0 Å². The predicted octanol–water partition coefficient (Wildman–Crippen LogP) is 2.76. The summed E-state index contributed by atoms with van der Waals surface area (Å²) in [4.78, 5) is 0. The fourth-order valence-corrected chi connectivity index (χ4v) is 0.596. The summed E-state index contributed by atoms with van der Waals surface area (Å²) in [5.41, 5.74) is 2.26. The standard InChI is InChI=1S/C11H20O/c1-9(2)10(3)7-6-8-11(4,5)12/h7-10,12H,1-5H3. The number of rotatable bonds is 3. The van der Waals surface area contributed by atoms with Crippen molar-refractivity contribution in [2.45, 2.75) is 40.2 Å². The number of hydrogen-bond donors (Lipinski definition) is 1. The Bertz CT molecular complexity index is 178. The first-order valence-corrected chi connectivity index (χ1v) is 4.49. The van der Waals surface area contributed by atoms with Gasteiger partial charge in [-0.1, -0.05) is 20.8 Å². The van der Waals surface area contributed by atoms with Crippen molar-refractivity contribution in [3.05, 3.63) is 17.9 Å². The second kappa shape index (κ2) is 4.49. The quantitative estimate of drug-likeness (QED) is 0.642. The highest BCUT2D eigenvalue weighted by molar-refractivity contribution is 4.97. The van der Waals surface area contributed by atoms with Gasteiger partial charge in [-0.05, 0) is 37.8 Å². The van der Waals surface area contributed by atoms with E-state index in [4.69, 9.17) is 0 Å². The van der Waals surface area contributed by atoms with Gasteiger partial charge in [0.05, 0.1) is 5.60 Å². The molecule has 0 radical (unpaired) electrons. The van der Waals surface area contributed by atoms with Gasteiger partial charge in [-0.3, -0.25) is 0 Å². The van der Waals surface area contributed by atoms with Crippen molar-refractivity contribution in [3.8, 4) is 0 Å². The van der Waals surface area contributed by atoms with Crippen LogP contribution < -0.4 is 0 Å². The minimum Gasteiger partial charge on any atom is -0.386 e. The van der Waals surface area contributed by atoms with E-state index in [-0.39, 0.29) is 0 Å². The van der Waals surface area contributed by atoms with E-state index < -0.39 is 5.60 Å². The lowest BCUT2D eigenvalue weighted by Gasteiger charge is -2.09. The Morgan fingerprint density at radius 3 is 2.08 bits per heavy atom. The Hall–Kier alpha value is -0.520. The molecule has 0 aromatic carbocycles. The molecule has 0 aromatic heterocycles. The van der Waals surface area contributed by atoms with Crippen molar-refractivity contribution in [2.75, 3.05) is 0 Å². The van der Waals surface area contributed by atoms with Gasteiger partial charge in [0.25, 0.3) is 0 Å². The molecule has 1 atom stereocenters. The maximum absolute atomic E-state index is 9.33. The fourth-order valence-electron chi connectivity index (χ4n) is 0.596. The van der Waals surface area contributed by atoms with E-state index in [1.807, 2.05) is 6.08 Å². The second-order valence-electron chi connectivity index (χ2n) is 4.23. The first-order chi connectivity index (χ1) is 5.33. The summed E-state index contributed by atoms with van der Waals surface area (Å²) in [7, 11) is 0. The van der Waals surface area contributed by atoms with Gasteiger partial charge in [-0.15, -0.1) is 5.73 Å². The van der Waals surface area contributed by atoms with Crippen molar-refractivity contribution < 1.29 is 5.11 Å². The molecule has 0 amide bonds. The molecule has 70 valence electrons. The Labute approximate surface area is 75.8 Å². The van der Waals surface area contributed by atoms with E-state index in [0.29, 0.717) is 11.8 Å². The third kappa shape index (κ3) is 6.21. The van der Waals surface area contributed by atoms with Gasteiger partial charge in [0.2, 0.25) is 0 Å². The molecule has 0 heterocycles. The van der Waals surface area contributed by atoms with Crippen LogP contribution in [0.25, 0.3) is 0 Å². The van der Waals surface area contributed by atoms with Crippen molar-refractivity contribution in [1.82, 2.24) is 0 Å². The van der Waals surface area contributed by atoms with Crippen LogP contribution in [0, 0.1) is 11.8 Å². The Morgan fingerprint density at radius 2 is 1.75 bits per heavy atom. The normalized spacial score (nSPS) is 13.9. The van der Waals surface area contributed by atoms with E-state index in [9.17, 15) is 5.11 Å². The van der Waals surface area contributed by atoms with E-state index in [2.05, 4.69) is 26.5 Å². The molecule has 0 bridgehead atoms. The highest BCUT2D eigenvalue weighted by atomic mass is 16.3. The summed E-state index contributed by atoms with van der Waals surface area (Å²) in [6.07, 6.45) is 3.69. The van der Waals surface area contributed by atoms with Crippen LogP contribution in [0.4, 0.5) is 0 Å². The van der Waals surface area contributed by atoms with Crippen molar-refractivity contribution in [3.63, 3.8) is 0 Å². The molecule has 0 aliphatic heterocycles. The molecule has 1 unspecified atom stereocenters. The Balaban J connectivity index is 4.15. The molecular formula is C11H20O. The van der Waals surface area contributed by atoms with Gasteiger partial charge in [-0.2, -0.15) is 0 Å². The summed E-state index contributed by atoms with van der Waals surface area (Å²) in [5, 5.41) is 9.33. The van der Waals surface area contributed by atoms with Crippen LogP contribution in [0.2, 0.25) is 0 Å². The van der Waals surface area contributed by atoms with E-state index in [1.54, 1.807) is 19.9 Å². The van der Waals surface area contributed by atoms with Crippen molar-refractivity contribution in [2.24, 2.45) is 11.8 Å². The molecule has 0 rings (SSSR count). The molecule has 1 heteroatoms. The van der Waals surface area contributed by atoms with Gasteiger partial charge < -0.3 is 5.11 Å². The number of hydrogen-bond acceptors (Lipinski definition) is 1. The third-order valence-electron chi connectivity index (χ3n) is 1.85. The lowest BCUT2D eigenvalue weighted by molar-refractivity contribution is 0.133. The van der Waals surface area contributed by atoms with Gasteiger partial charge in [0, 0.05) is 0 Å². The van der Waals surface area contributed by atoms with Crippen LogP contribution in [0.5, 0.6) is 0 Å². The van der Waals surface area contributed by atoms with E-state index >= 15 is 0 Å². The molecule has 0 aliphatic rings. The molecule has 0 aliphatic carbocycles. The molecule has 12 heavy (non-hydrogen) atoms. The van der Waals surface area contributed by atoms with Crippen LogP contribution in [-0.2, 0) is 0 Å². The van der Waals surface area contributed by atoms with Gasteiger partial charge in [0.15, 0.2) is 0 Å². The lowest BCUT2D eigenvalue weighted by atomic mass is 9.98. The smallest absolute Gasteiger partial charge is 0.0844 e. The minimum atomic E-state index is -0.743. The Morgan fingerprint density at radius 1 is 1.25 bits per heavy atom. The summed E-state index contributed by atoms with van der Waals surface area (Å²) < 4.78 is 0. The molecule has 0 fully saturated rings. The molecular weight excluding hydrogens is 148 g/mol. The maximum Gasteiger partial charge on any atom is 0.0844 e. The largest absolute Gasteiger partial charge is 0.386 e. The van der Waals surface area contributed by atoms with Crippen LogP contribution in [0.15, 0.2) is 17.9 Å². The molecule has 0 spiro atoms. The monoisotopic (exact) mass is 168 g/mol. The van der Waals surface area contributed by atoms with Crippen molar-refractivity contribution in [1.29, 1.82) is 0 Å². The first kappa shape index (κ1) is 11.5. The zero-order valence-corrected chi connectivity index (χ0v) is 8.76. The summed E-state index contributed by atoms with van der Waals surface area (Å²) in [6.45, 7) is 9.98. The highest BCUT2D eigenvalue weighted by Gasteiger charge is 2.05. The molecule has 1 nitrogen and oxygen atoms in total. The SMILES string of the molecule is CC(C)C(C)C=C=CC(C)(C)O. The van der Waals surface area contributed by atoms with E-state index in [0.717, 1.165) is 0 Å². The lowest BCUT2D eigenvalue weighted by Crippen LogP contribution is -2.13. The van der Waals surface area contributed by atoms with Gasteiger partial charge >= 0.3 is 0 Å². The third-order valence-corrected chi connectivity index (χ3v) is 1.85. The maximum atomic E-state index is 9.33. The molecule has 0 saturated heterocycles. The average Bonchev–Trinajstić information content (AvgIpc) is 1.84. The fraction of sp³-hybridized carbons (Fsp3) is 0.727. The van der Waals surface area contributed by atoms with Crippen LogP contribution in [0.1, 0.15) is 34.6 Å². The first-order valence-electron chi connectivity index (χ1n) is 4.49. The van der Waals surface area contributed by atoms with Crippen LogP contribution >= 0.6 is 0 Å². The highest BCUT2D eigenvalue weighted by Crippen LogP contribution is 2.10. The summed E-state index contributed by atoms with van der Waals surface area (Å²) in [6, 6.07) is 0. The predicted molar refractivity (Wildman–Crippen MR) is 53.0 cm³/mol. The zero-order valence-electron chi connectivity index (χ0n) is 8.76. The summed E-state index contributed by atoms with van der Waals surface area (Å²) in [5.74, 6) is 1.15. The molecule has 1 N–H and O–H groups in total. The summed E-state index contributed by atoms with van der Waals surface area (Å²) >= 11 is 0. The average molecular weight is 168 g/mol. The van der Waals surface area contributed by atoms with Gasteiger partial charge in [0.1, 0.15) is 0 Å². The van der Waals surface area contributed by atoms with Crippen LogP contribution in [-0.4, -0.2) is 10.7 Å². The van der Waals surface area contributed by atoms with E-state index in [1.165, 1.54) is 0 Å². The zero-order chi connectivity index (χ0) is 9.78. The topological polar surface area (TPSA) is 20.2 Å². The minimum absolute atomic E-state index is 0.517. The molecule has 0 aromatic rings. The van der Waals surface area contributed by atoms with Gasteiger partial charge in [-0.25, -0.2) is 0 Å².